The molecule has 2 rings (SSSR count). The minimum absolute atomic E-state index is 0.510. The lowest BCUT2D eigenvalue weighted by atomic mass is 9.97. The summed E-state index contributed by atoms with van der Waals surface area (Å²) in [5, 5.41) is 7.17. The van der Waals surface area contributed by atoms with Gasteiger partial charge in [0, 0.05) is 11.4 Å². The zero-order valence-electron chi connectivity index (χ0n) is 12.8. The highest BCUT2D eigenvalue weighted by molar-refractivity contribution is 7.80. The Kier molecular flexibility index (Phi) is 5.34. The smallest absolute Gasteiger partial charge is 0.175 e. The zero-order chi connectivity index (χ0) is 15.2. The van der Waals surface area contributed by atoms with Crippen LogP contribution in [0.25, 0.3) is 0 Å². The van der Waals surface area contributed by atoms with Crippen LogP contribution in [0.1, 0.15) is 37.3 Å². The molecule has 1 unspecified atom stereocenters. The Morgan fingerprint density at radius 1 is 1.10 bits per heavy atom. The van der Waals surface area contributed by atoms with Gasteiger partial charge in [0.25, 0.3) is 0 Å². The van der Waals surface area contributed by atoms with E-state index >= 15 is 0 Å². The van der Waals surface area contributed by atoms with Gasteiger partial charge in [0.05, 0.1) is 0 Å². The van der Waals surface area contributed by atoms with Gasteiger partial charge in [-0.2, -0.15) is 0 Å². The third-order valence-corrected chi connectivity index (χ3v) is 3.83. The number of anilines is 2. The van der Waals surface area contributed by atoms with Gasteiger partial charge in [0.15, 0.2) is 5.11 Å². The summed E-state index contributed by atoms with van der Waals surface area (Å²) in [7, 11) is 0. The van der Waals surface area contributed by atoms with Gasteiger partial charge in [-0.3, -0.25) is 0 Å². The van der Waals surface area contributed by atoms with Gasteiger partial charge in [-0.15, -0.1) is 0 Å². The molecule has 0 aliphatic rings. The van der Waals surface area contributed by atoms with Crippen LogP contribution in [0.3, 0.4) is 0 Å². The van der Waals surface area contributed by atoms with Crippen LogP contribution in [-0.2, 0) is 0 Å². The molecule has 2 nitrogen and oxygen atoms in total. The van der Waals surface area contributed by atoms with Crippen LogP contribution in [0.4, 0.5) is 11.4 Å². The predicted octanol–water partition coefficient (Wildman–Crippen LogP) is 5.32. The summed E-state index contributed by atoms with van der Waals surface area (Å²) in [6, 6.07) is 16.5. The predicted molar refractivity (Wildman–Crippen MR) is 96.2 cm³/mol. The quantitative estimate of drug-likeness (QED) is 0.747. The van der Waals surface area contributed by atoms with Crippen molar-refractivity contribution in [2.24, 2.45) is 0 Å². The molecule has 0 aliphatic carbocycles. The summed E-state index contributed by atoms with van der Waals surface area (Å²) in [5.41, 5.74) is 4.60. The summed E-state index contributed by atoms with van der Waals surface area (Å²) in [6.45, 7) is 6.50. The Morgan fingerprint density at radius 2 is 1.86 bits per heavy atom. The van der Waals surface area contributed by atoms with Gasteiger partial charge in [-0.1, -0.05) is 44.2 Å². The molecule has 0 fully saturated rings. The topological polar surface area (TPSA) is 24.1 Å². The summed E-state index contributed by atoms with van der Waals surface area (Å²) in [4.78, 5) is 0. The molecule has 2 aromatic carbocycles. The van der Waals surface area contributed by atoms with Gasteiger partial charge in [0.2, 0.25) is 0 Å². The molecule has 0 saturated carbocycles. The van der Waals surface area contributed by atoms with Crippen molar-refractivity contribution in [2.45, 2.75) is 33.1 Å². The van der Waals surface area contributed by atoms with E-state index in [0.29, 0.717) is 11.0 Å². The second-order valence-electron chi connectivity index (χ2n) is 5.35. The maximum absolute atomic E-state index is 5.42. The van der Waals surface area contributed by atoms with Crippen LogP contribution in [0.15, 0.2) is 48.5 Å². The first kappa shape index (κ1) is 15.5. The summed E-state index contributed by atoms with van der Waals surface area (Å²) in [5.74, 6) is 0.510. The monoisotopic (exact) mass is 298 g/mol. The first-order valence-corrected chi connectivity index (χ1v) is 7.74. The van der Waals surface area contributed by atoms with Gasteiger partial charge < -0.3 is 10.6 Å². The first-order valence-electron chi connectivity index (χ1n) is 7.33. The zero-order valence-corrected chi connectivity index (χ0v) is 13.6. The molecule has 0 spiro atoms. The van der Waals surface area contributed by atoms with Crippen LogP contribution >= 0.6 is 12.2 Å². The van der Waals surface area contributed by atoms with Crippen molar-refractivity contribution in [3.8, 4) is 0 Å². The van der Waals surface area contributed by atoms with Crippen LogP contribution < -0.4 is 10.6 Å². The van der Waals surface area contributed by atoms with E-state index < -0.39 is 0 Å². The molecule has 0 bridgehead atoms. The Hall–Kier alpha value is -1.87. The molecule has 0 heterocycles. The van der Waals surface area contributed by atoms with Crippen LogP contribution in [-0.4, -0.2) is 5.11 Å². The fraction of sp³-hybridized carbons (Fsp3) is 0.278. The lowest BCUT2D eigenvalue weighted by molar-refractivity contribution is 0.736. The van der Waals surface area contributed by atoms with E-state index in [1.165, 1.54) is 11.1 Å². The molecule has 1 atom stereocenters. The number of thiocarbonyl (C=S) groups is 1. The maximum Gasteiger partial charge on any atom is 0.175 e. The highest BCUT2D eigenvalue weighted by atomic mass is 32.1. The van der Waals surface area contributed by atoms with Gasteiger partial charge in [-0.05, 0) is 60.8 Å². The molecule has 2 aromatic rings. The minimum Gasteiger partial charge on any atom is -0.332 e. The Morgan fingerprint density at radius 3 is 2.57 bits per heavy atom. The second kappa shape index (κ2) is 7.23. The number of rotatable bonds is 4. The molecule has 0 aliphatic heterocycles. The Bertz CT molecular complexity index is 622. The van der Waals surface area contributed by atoms with Crippen molar-refractivity contribution in [1.82, 2.24) is 0 Å². The normalized spacial score (nSPS) is 11.8. The van der Waals surface area contributed by atoms with Crippen molar-refractivity contribution in [1.29, 1.82) is 0 Å². The minimum atomic E-state index is 0.510. The van der Waals surface area contributed by atoms with Crippen molar-refractivity contribution in [2.75, 3.05) is 10.6 Å². The molecular formula is C18H22N2S. The van der Waals surface area contributed by atoms with Crippen molar-refractivity contribution < 1.29 is 0 Å². The fourth-order valence-electron chi connectivity index (χ4n) is 2.27. The van der Waals surface area contributed by atoms with E-state index in [0.717, 1.165) is 17.8 Å². The number of hydrogen-bond donors (Lipinski definition) is 2. The van der Waals surface area contributed by atoms with E-state index in [1.54, 1.807) is 0 Å². The number of benzene rings is 2. The molecule has 2 N–H and O–H groups in total. The van der Waals surface area contributed by atoms with Gasteiger partial charge in [-0.25, -0.2) is 0 Å². The SMILES string of the molecule is CCC(C)c1ccccc1NC(=S)Nc1cccc(C)c1. The third kappa shape index (κ3) is 4.30. The number of aryl methyl sites for hydroxylation is 1. The van der Waals surface area contributed by atoms with Crippen LogP contribution in [0.2, 0.25) is 0 Å². The van der Waals surface area contributed by atoms with Crippen molar-refractivity contribution in [3.05, 3.63) is 59.7 Å². The second-order valence-corrected chi connectivity index (χ2v) is 5.75. The molecule has 0 saturated heterocycles. The Balaban J connectivity index is 2.09. The van der Waals surface area contributed by atoms with Crippen molar-refractivity contribution >= 4 is 28.7 Å². The molecule has 3 heteroatoms. The summed E-state index contributed by atoms with van der Waals surface area (Å²) >= 11 is 5.42. The highest BCUT2D eigenvalue weighted by Crippen LogP contribution is 2.26. The molecule has 0 radical (unpaired) electrons. The van der Waals surface area contributed by atoms with E-state index in [4.69, 9.17) is 12.2 Å². The third-order valence-electron chi connectivity index (χ3n) is 3.63. The van der Waals surface area contributed by atoms with Crippen molar-refractivity contribution in [3.63, 3.8) is 0 Å². The summed E-state index contributed by atoms with van der Waals surface area (Å²) in [6.07, 6.45) is 1.11. The number of para-hydroxylation sites is 1. The van der Waals surface area contributed by atoms with Gasteiger partial charge >= 0.3 is 0 Å². The Labute approximate surface area is 132 Å². The van der Waals surface area contributed by atoms with Gasteiger partial charge in [0.1, 0.15) is 0 Å². The molecule has 0 amide bonds. The molecule has 0 aromatic heterocycles. The molecule has 110 valence electrons. The molecular weight excluding hydrogens is 276 g/mol. The van der Waals surface area contributed by atoms with E-state index in [9.17, 15) is 0 Å². The number of hydrogen-bond acceptors (Lipinski definition) is 1. The highest BCUT2D eigenvalue weighted by Gasteiger charge is 2.09. The van der Waals surface area contributed by atoms with E-state index in [2.05, 4.69) is 61.7 Å². The largest absolute Gasteiger partial charge is 0.332 e. The van der Waals surface area contributed by atoms with E-state index in [-0.39, 0.29) is 0 Å². The van der Waals surface area contributed by atoms with Crippen LogP contribution in [0, 0.1) is 6.92 Å². The first-order chi connectivity index (χ1) is 10.1. The number of nitrogens with one attached hydrogen (secondary N) is 2. The van der Waals surface area contributed by atoms with E-state index in [1.807, 2.05) is 18.2 Å². The maximum atomic E-state index is 5.42. The average molecular weight is 298 g/mol. The fourth-order valence-corrected chi connectivity index (χ4v) is 2.50. The average Bonchev–Trinajstić information content (AvgIpc) is 2.47. The lowest BCUT2D eigenvalue weighted by Crippen LogP contribution is -2.20. The summed E-state index contributed by atoms with van der Waals surface area (Å²) < 4.78 is 0. The molecule has 21 heavy (non-hydrogen) atoms. The van der Waals surface area contributed by atoms with Crippen LogP contribution in [0.5, 0.6) is 0 Å². The lowest BCUT2D eigenvalue weighted by Gasteiger charge is -2.17. The standard InChI is InChI=1S/C18H22N2S/c1-4-14(3)16-10-5-6-11-17(16)20-18(21)19-15-9-7-8-13(2)12-15/h5-12,14H,4H2,1-3H3,(H2,19,20,21).